The molecule has 1 aliphatic rings. The predicted molar refractivity (Wildman–Crippen MR) is 69.8 cm³/mol. The lowest BCUT2D eigenvalue weighted by Crippen LogP contribution is -2.52. The lowest BCUT2D eigenvalue weighted by Gasteiger charge is -2.40. The second-order valence-corrected chi connectivity index (χ2v) is 5.17. The Labute approximate surface area is 116 Å². The largest absolute Gasteiger partial charge is 0.434 e. The highest BCUT2D eigenvalue weighted by atomic mass is 19.3. The molecule has 1 saturated heterocycles. The Morgan fingerprint density at radius 1 is 1.40 bits per heavy atom. The van der Waals surface area contributed by atoms with Gasteiger partial charge in [0.1, 0.15) is 5.75 Å². The fraction of sp³-hybridized carbons (Fsp3) is 0.571. The molecule has 2 rings (SSSR count). The topological polar surface area (TPSA) is 50.7 Å². The molecule has 20 heavy (non-hydrogen) atoms. The van der Waals surface area contributed by atoms with Crippen LogP contribution < -0.4 is 10.1 Å². The normalized spacial score (nSPS) is 18.6. The summed E-state index contributed by atoms with van der Waals surface area (Å²) >= 11 is 0. The lowest BCUT2D eigenvalue weighted by atomic mass is 9.86. The molecule has 4 nitrogen and oxygen atoms in total. The minimum atomic E-state index is -2.84. The summed E-state index contributed by atoms with van der Waals surface area (Å²) in [4.78, 5) is 0. The van der Waals surface area contributed by atoms with Gasteiger partial charge in [0.2, 0.25) is 0 Å². The van der Waals surface area contributed by atoms with Gasteiger partial charge in [-0.25, -0.2) is 0 Å². The van der Waals surface area contributed by atoms with Crippen LogP contribution in [0.5, 0.6) is 5.75 Å². The van der Waals surface area contributed by atoms with Crippen molar-refractivity contribution in [1.29, 1.82) is 0 Å². The van der Waals surface area contributed by atoms with Gasteiger partial charge in [0, 0.05) is 18.2 Å². The second kappa shape index (κ2) is 6.47. The van der Waals surface area contributed by atoms with E-state index in [1.165, 1.54) is 6.07 Å². The lowest BCUT2D eigenvalue weighted by molar-refractivity contribution is -0.135. The number of nitrogens with one attached hydrogen (secondary N) is 1. The summed E-state index contributed by atoms with van der Waals surface area (Å²) in [5, 5.41) is 12.6. The Morgan fingerprint density at radius 3 is 2.65 bits per heavy atom. The van der Waals surface area contributed by atoms with E-state index in [1.807, 2.05) is 6.92 Å². The molecular formula is C14H19F2NO3. The van der Waals surface area contributed by atoms with Crippen LogP contribution in [0.2, 0.25) is 0 Å². The van der Waals surface area contributed by atoms with Crippen LogP contribution in [0.1, 0.15) is 18.5 Å². The maximum atomic E-state index is 12.4. The molecule has 2 N–H and O–H groups in total. The van der Waals surface area contributed by atoms with Crippen LogP contribution in [0.3, 0.4) is 0 Å². The quantitative estimate of drug-likeness (QED) is 0.805. The number of benzene rings is 1. The monoisotopic (exact) mass is 287 g/mol. The van der Waals surface area contributed by atoms with Crippen molar-refractivity contribution in [3.8, 4) is 5.75 Å². The molecule has 0 radical (unpaired) electrons. The standard InChI is InChI=1S/C14H19F2NO3/c1-10(17-6-14(7-18)8-19-9-14)11-4-2-3-5-12(11)20-13(15)16/h2-5,10,13,17-18H,6-9H2,1H3. The smallest absolute Gasteiger partial charge is 0.387 e. The second-order valence-electron chi connectivity index (χ2n) is 5.17. The van der Waals surface area contributed by atoms with Crippen molar-refractivity contribution in [2.24, 2.45) is 5.41 Å². The molecule has 0 aromatic heterocycles. The van der Waals surface area contributed by atoms with Crippen LogP contribution in [0.4, 0.5) is 8.78 Å². The highest BCUT2D eigenvalue weighted by Gasteiger charge is 2.38. The predicted octanol–water partition coefficient (Wildman–Crippen LogP) is 1.95. The van der Waals surface area contributed by atoms with E-state index in [-0.39, 0.29) is 23.8 Å². The molecule has 6 heteroatoms. The third-order valence-corrected chi connectivity index (χ3v) is 3.54. The number of halogens is 2. The summed E-state index contributed by atoms with van der Waals surface area (Å²) in [6.07, 6.45) is 0. The van der Waals surface area contributed by atoms with E-state index < -0.39 is 6.61 Å². The Bertz CT molecular complexity index is 433. The number of alkyl halides is 2. The molecule has 0 amide bonds. The molecule has 1 heterocycles. The number of hydrogen-bond donors (Lipinski definition) is 2. The molecular weight excluding hydrogens is 268 g/mol. The summed E-state index contributed by atoms with van der Waals surface area (Å²) in [6.45, 7) is 0.664. The molecule has 1 fully saturated rings. The van der Waals surface area contributed by atoms with Gasteiger partial charge in [-0.1, -0.05) is 18.2 Å². The van der Waals surface area contributed by atoms with E-state index in [1.54, 1.807) is 18.2 Å². The van der Waals surface area contributed by atoms with Crippen LogP contribution in [0, 0.1) is 5.41 Å². The van der Waals surface area contributed by atoms with E-state index >= 15 is 0 Å². The van der Waals surface area contributed by atoms with Crippen molar-refractivity contribution in [2.45, 2.75) is 19.6 Å². The highest BCUT2D eigenvalue weighted by molar-refractivity contribution is 5.35. The highest BCUT2D eigenvalue weighted by Crippen LogP contribution is 2.29. The Kier molecular flexibility index (Phi) is 4.91. The summed E-state index contributed by atoms with van der Waals surface area (Å²) < 4.78 is 34.4. The molecule has 112 valence electrons. The van der Waals surface area contributed by atoms with Crippen molar-refractivity contribution >= 4 is 0 Å². The van der Waals surface area contributed by atoms with Crippen molar-refractivity contribution < 1.29 is 23.4 Å². The van der Waals surface area contributed by atoms with E-state index in [9.17, 15) is 13.9 Å². The average Bonchev–Trinajstić information content (AvgIpc) is 2.37. The van der Waals surface area contributed by atoms with Crippen LogP contribution in [0.15, 0.2) is 24.3 Å². The summed E-state index contributed by atoms with van der Waals surface area (Å²) in [5.74, 6) is 0.172. The first-order valence-corrected chi connectivity index (χ1v) is 6.52. The first kappa shape index (κ1) is 15.2. The van der Waals surface area contributed by atoms with Crippen molar-refractivity contribution in [3.05, 3.63) is 29.8 Å². The summed E-state index contributed by atoms with van der Waals surface area (Å²) in [5.41, 5.74) is 0.411. The zero-order valence-corrected chi connectivity index (χ0v) is 11.3. The molecule has 1 aromatic rings. The van der Waals surface area contributed by atoms with Gasteiger partial charge >= 0.3 is 6.61 Å². The maximum Gasteiger partial charge on any atom is 0.387 e. The number of ether oxygens (including phenoxy) is 2. The minimum absolute atomic E-state index is 0.0436. The van der Waals surface area contributed by atoms with Gasteiger partial charge < -0.3 is 19.9 Å². The molecule has 0 aliphatic carbocycles. The fourth-order valence-corrected chi connectivity index (χ4v) is 2.16. The van der Waals surface area contributed by atoms with Gasteiger partial charge in [0.25, 0.3) is 0 Å². The molecule has 0 saturated carbocycles. The molecule has 0 bridgehead atoms. The van der Waals surface area contributed by atoms with Crippen molar-refractivity contribution in [1.82, 2.24) is 5.32 Å². The van der Waals surface area contributed by atoms with Crippen LogP contribution in [-0.2, 0) is 4.74 Å². The van der Waals surface area contributed by atoms with E-state index in [2.05, 4.69) is 10.1 Å². The summed E-state index contributed by atoms with van der Waals surface area (Å²) in [6, 6.07) is 6.55. The molecule has 1 aliphatic heterocycles. The number of para-hydroxylation sites is 1. The van der Waals surface area contributed by atoms with Crippen molar-refractivity contribution in [2.75, 3.05) is 26.4 Å². The van der Waals surface area contributed by atoms with E-state index in [0.29, 0.717) is 25.3 Å². The minimum Gasteiger partial charge on any atom is -0.434 e. The van der Waals surface area contributed by atoms with Crippen LogP contribution in [0.25, 0.3) is 0 Å². The van der Waals surface area contributed by atoms with Gasteiger partial charge in [0.05, 0.1) is 25.2 Å². The van der Waals surface area contributed by atoms with Crippen LogP contribution in [-0.4, -0.2) is 38.1 Å². The Balaban J connectivity index is 1.99. The maximum absolute atomic E-state index is 12.4. The molecule has 0 spiro atoms. The third-order valence-electron chi connectivity index (χ3n) is 3.54. The Morgan fingerprint density at radius 2 is 2.10 bits per heavy atom. The zero-order chi connectivity index (χ0) is 14.6. The first-order chi connectivity index (χ1) is 9.56. The SMILES string of the molecule is CC(NCC1(CO)COC1)c1ccccc1OC(F)F. The van der Waals surface area contributed by atoms with E-state index in [4.69, 9.17) is 4.74 Å². The third kappa shape index (κ3) is 3.45. The van der Waals surface area contributed by atoms with Gasteiger partial charge in [-0.15, -0.1) is 0 Å². The van der Waals surface area contributed by atoms with Gasteiger partial charge in [0.15, 0.2) is 0 Å². The van der Waals surface area contributed by atoms with Gasteiger partial charge in [-0.05, 0) is 13.0 Å². The molecule has 1 aromatic carbocycles. The molecule has 1 atom stereocenters. The number of aliphatic hydroxyl groups is 1. The van der Waals surface area contributed by atoms with Crippen molar-refractivity contribution in [3.63, 3.8) is 0 Å². The summed E-state index contributed by atoms with van der Waals surface area (Å²) in [7, 11) is 0. The Hall–Kier alpha value is -1.24. The van der Waals surface area contributed by atoms with Gasteiger partial charge in [-0.2, -0.15) is 8.78 Å². The fourth-order valence-electron chi connectivity index (χ4n) is 2.16. The molecule has 1 unspecified atom stereocenters. The zero-order valence-electron chi connectivity index (χ0n) is 11.3. The van der Waals surface area contributed by atoms with E-state index in [0.717, 1.165) is 0 Å². The number of hydrogen-bond acceptors (Lipinski definition) is 4. The van der Waals surface area contributed by atoms with Crippen LogP contribution >= 0.6 is 0 Å². The number of rotatable bonds is 7. The average molecular weight is 287 g/mol. The first-order valence-electron chi connectivity index (χ1n) is 6.52. The van der Waals surface area contributed by atoms with Gasteiger partial charge in [-0.3, -0.25) is 0 Å². The number of aliphatic hydroxyl groups excluding tert-OH is 1.